The van der Waals surface area contributed by atoms with Crippen LogP contribution in [0.5, 0.6) is 23.0 Å². The smallest absolute Gasteiger partial charge is 0.231 e. The van der Waals surface area contributed by atoms with E-state index in [1.165, 1.54) is 0 Å². The van der Waals surface area contributed by atoms with E-state index < -0.39 is 0 Å². The van der Waals surface area contributed by atoms with Crippen molar-refractivity contribution in [2.75, 3.05) is 13.6 Å². The lowest BCUT2D eigenvalue weighted by Crippen LogP contribution is -1.93. The molecule has 0 saturated heterocycles. The molecule has 4 nitrogen and oxygen atoms in total. The Bertz CT molecular complexity index is 645. The molecule has 0 N–H and O–H groups in total. The van der Waals surface area contributed by atoms with E-state index >= 15 is 0 Å². The van der Waals surface area contributed by atoms with Gasteiger partial charge in [0.15, 0.2) is 23.0 Å². The van der Waals surface area contributed by atoms with E-state index in [1.54, 1.807) is 0 Å². The molecule has 0 aromatic heterocycles. The van der Waals surface area contributed by atoms with Crippen LogP contribution in [0.4, 0.5) is 0 Å². The second-order valence-corrected chi connectivity index (χ2v) is 5.04. The van der Waals surface area contributed by atoms with Crippen LogP contribution in [0.25, 0.3) is 11.1 Å². The van der Waals surface area contributed by atoms with Gasteiger partial charge < -0.3 is 18.9 Å². The number of ether oxygens (including phenoxy) is 4. The van der Waals surface area contributed by atoms with E-state index in [-0.39, 0.29) is 0 Å². The fourth-order valence-electron chi connectivity index (χ4n) is 2.67. The summed E-state index contributed by atoms with van der Waals surface area (Å²) in [4.78, 5) is 0. The molecular weight excluding hydrogens is 256 g/mol. The van der Waals surface area contributed by atoms with Crippen molar-refractivity contribution >= 4 is 0 Å². The van der Waals surface area contributed by atoms with Crippen molar-refractivity contribution < 1.29 is 18.9 Å². The predicted octanol–water partition coefficient (Wildman–Crippen LogP) is 3.43. The van der Waals surface area contributed by atoms with Crippen LogP contribution in [0.1, 0.15) is 11.1 Å². The van der Waals surface area contributed by atoms with Crippen LogP contribution in [-0.2, 0) is 0 Å². The highest BCUT2D eigenvalue weighted by atomic mass is 16.7. The first-order chi connectivity index (χ1) is 9.72. The number of benzene rings is 2. The van der Waals surface area contributed by atoms with Crippen molar-refractivity contribution in [3.8, 4) is 34.1 Å². The maximum Gasteiger partial charge on any atom is 0.231 e. The van der Waals surface area contributed by atoms with Gasteiger partial charge >= 0.3 is 0 Å². The van der Waals surface area contributed by atoms with Crippen molar-refractivity contribution in [1.82, 2.24) is 0 Å². The Hall–Kier alpha value is -2.36. The van der Waals surface area contributed by atoms with Gasteiger partial charge in [0.05, 0.1) is 0 Å². The molecule has 0 fully saturated rings. The van der Waals surface area contributed by atoms with E-state index in [0.29, 0.717) is 13.6 Å². The molecule has 2 heterocycles. The molecule has 0 bridgehead atoms. The first kappa shape index (κ1) is 11.5. The molecule has 0 aliphatic carbocycles. The van der Waals surface area contributed by atoms with E-state index in [2.05, 4.69) is 13.8 Å². The Balaban J connectivity index is 1.89. The molecule has 4 heteroatoms. The zero-order valence-corrected chi connectivity index (χ0v) is 11.4. The standard InChI is InChI=1S/C16H14O4/c1-9-3-13-15(19-7-17-13)5-11(9)12-6-16-14(4-10(12)2)18-8-20-16/h3-6H,7-8H2,1-2H3. The minimum absolute atomic E-state index is 0.290. The summed E-state index contributed by atoms with van der Waals surface area (Å²) >= 11 is 0. The molecule has 2 aromatic carbocycles. The maximum atomic E-state index is 5.47. The minimum Gasteiger partial charge on any atom is -0.454 e. The average molecular weight is 270 g/mol. The van der Waals surface area contributed by atoms with Gasteiger partial charge in [-0.25, -0.2) is 0 Å². The van der Waals surface area contributed by atoms with Gasteiger partial charge in [0.1, 0.15) is 0 Å². The van der Waals surface area contributed by atoms with Crippen LogP contribution in [-0.4, -0.2) is 13.6 Å². The van der Waals surface area contributed by atoms with E-state index in [0.717, 1.165) is 45.3 Å². The summed E-state index contributed by atoms with van der Waals surface area (Å²) in [6, 6.07) is 8.09. The van der Waals surface area contributed by atoms with Crippen molar-refractivity contribution in [3.63, 3.8) is 0 Å². The van der Waals surface area contributed by atoms with Gasteiger partial charge in [-0.2, -0.15) is 0 Å². The van der Waals surface area contributed by atoms with Crippen LogP contribution in [0.15, 0.2) is 24.3 Å². The second-order valence-electron chi connectivity index (χ2n) is 5.04. The molecule has 102 valence electrons. The first-order valence-corrected chi connectivity index (χ1v) is 6.53. The van der Waals surface area contributed by atoms with Crippen molar-refractivity contribution in [3.05, 3.63) is 35.4 Å². The van der Waals surface area contributed by atoms with Gasteiger partial charge in [-0.3, -0.25) is 0 Å². The van der Waals surface area contributed by atoms with Gasteiger partial charge in [-0.05, 0) is 60.4 Å². The van der Waals surface area contributed by atoms with Crippen LogP contribution >= 0.6 is 0 Å². The highest BCUT2D eigenvalue weighted by Crippen LogP contribution is 2.43. The summed E-state index contributed by atoms with van der Waals surface area (Å²) in [5, 5.41) is 0. The third-order valence-corrected chi connectivity index (χ3v) is 3.73. The van der Waals surface area contributed by atoms with Gasteiger partial charge in [-0.15, -0.1) is 0 Å². The summed E-state index contributed by atoms with van der Waals surface area (Å²) in [5.74, 6) is 3.21. The van der Waals surface area contributed by atoms with Gasteiger partial charge in [-0.1, -0.05) is 0 Å². The molecule has 0 unspecified atom stereocenters. The molecule has 0 amide bonds. The fourth-order valence-corrected chi connectivity index (χ4v) is 2.67. The summed E-state index contributed by atoms with van der Waals surface area (Å²) < 4.78 is 21.8. The summed E-state index contributed by atoms with van der Waals surface area (Å²) in [6.45, 7) is 4.72. The number of rotatable bonds is 1. The minimum atomic E-state index is 0.290. The molecule has 2 aliphatic rings. The van der Waals surface area contributed by atoms with Crippen molar-refractivity contribution in [2.45, 2.75) is 13.8 Å². The summed E-state index contributed by atoms with van der Waals surface area (Å²) in [5.41, 5.74) is 4.56. The van der Waals surface area contributed by atoms with Gasteiger partial charge in [0.2, 0.25) is 13.6 Å². The van der Waals surface area contributed by atoms with Crippen molar-refractivity contribution in [1.29, 1.82) is 0 Å². The second kappa shape index (κ2) is 4.07. The highest BCUT2D eigenvalue weighted by Gasteiger charge is 2.20. The molecule has 0 atom stereocenters. The quantitative estimate of drug-likeness (QED) is 0.795. The van der Waals surface area contributed by atoms with E-state index in [4.69, 9.17) is 18.9 Å². The molecule has 2 aliphatic heterocycles. The molecule has 0 saturated carbocycles. The van der Waals surface area contributed by atoms with E-state index in [1.807, 2.05) is 24.3 Å². The molecule has 20 heavy (non-hydrogen) atoms. The van der Waals surface area contributed by atoms with E-state index in [9.17, 15) is 0 Å². The summed E-state index contributed by atoms with van der Waals surface area (Å²) in [6.07, 6.45) is 0. The summed E-state index contributed by atoms with van der Waals surface area (Å²) in [7, 11) is 0. The number of hydrogen-bond acceptors (Lipinski definition) is 4. The molecule has 4 rings (SSSR count). The Labute approximate surface area is 116 Å². The highest BCUT2D eigenvalue weighted by molar-refractivity contribution is 5.76. The number of fused-ring (bicyclic) bond motifs is 2. The Kier molecular flexibility index (Phi) is 2.33. The zero-order chi connectivity index (χ0) is 13.7. The predicted molar refractivity (Wildman–Crippen MR) is 73.6 cm³/mol. The normalized spacial score (nSPS) is 14.7. The van der Waals surface area contributed by atoms with Gasteiger partial charge in [0.25, 0.3) is 0 Å². The lowest BCUT2D eigenvalue weighted by atomic mass is 9.95. The largest absolute Gasteiger partial charge is 0.454 e. The SMILES string of the molecule is Cc1cc2c(cc1-c1cc3c(cc1C)OCO3)OCO2. The Morgan fingerprint density at radius 3 is 1.35 bits per heavy atom. The fraction of sp³-hybridized carbons (Fsp3) is 0.250. The average Bonchev–Trinajstić information content (AvgIpc) is 3.04. The maximum absolute atomic E-state index is 5.47. The van der Waals surface area contributed by atoms with Crippen LogP contribution in [0, 0.1) is 13.8 Å². The topological polar surface area (TPSA) is 36.9 Å². The van der Waals surface area contributed by atoms with Crippen LogP contribution < -0.4 is 18.9 Å². The van der Waals surface area contributed by atoms with Gasteiger partial charge in [0, 0.05) is 0 Å². The number of aryl methyl sites for hydroxylation is 2. The Morgan fingerprint density at radius 2 is 0.950 bits per heavy atom. The monoisotopic (exact) mass is 270 g/mol. The molecule has 0 radical (unpaired) electrons. The third kappa shape index (κ3) is 1.61. The number of hydrogen-bond donors (Lipinski definition) is 0. The lowest BCUT2D eigenvalue weighted by Gasteiger charge is -2.11. The molecular formula is C16H14O4. The first-order valence-electron chi connectivity index (χ1n) is 6.53. The third-order valence-electron chi connectivity index (χ3n) is 3.73. The zero-order valence-electron chi connectivity index (χ0n) is 11.4. The Morgan fingerprint density at radius 1 is 0.600 bits per heavy atom. The van der Waals surface area contributed by atoms with Crippen LogP contribution in [0.2, 0.25) is 0 Å². The van der Waals surface area contributed by atoms with Crippen LogP contribution in [0.3, 0.4) is 0 Å². The molecule has 2 aromatic rings. The lowest BCUT2D eigenvalue weighted by molar-refractivity contribution is 0.173. The molecule has 0 spiro atoms. The van der Waals surface area contributed by atoms with Crippen molar-refractivity contribution in [2.24, 2.45) is 0 Å².